The van der Waals surface area contributed by atoms with E-state index in [0.717, 1.165) is 6.20 Å². The Balaban J connectivity index is 2.28. The molecule has 2 N–H and O–H groups in total. The highest BCUT2D eigenvalue weighted by Crippen LogP contribution is 2.35. The van der Waals surface area contributed by atoms with Gasteiger partial charge in [0.05, 0.1) is 23.6 Å². The lowest BCUT2D eigenvalue weighted by Crippen LogP contribution is -2.12. The number of pyridine rings is 1. The predicted molar refractivity (Wildman–Crippen MR) is 73.4 cm³/mol. The van der Waals surface area contributed by atoms with Gasteiger partial charge in [0.1, 0.15) is 17.7 Å². The lowest BCUT2D eigenvalue weighted by Gasteiger charge is -2.14. The van der Waals surface area contributed by atoms with Crippen LogP contribution in [0.25, 0.3) is 0 Å². The molecule has 0 aliphatic heterocycles. The van der Waals surface area contributed by atoms with Gasteiger partial charge in [0.15, 0.2) is 5.69 Å². The van der Waals surface area contributed by atoms with Crippen LogP contribution in [0.5, 0.6) is 0 Å². The molecule has 0 amide bonds. The Morgan fingerprint density at radius 2 is 1.86 bits per heavy atom. The Kier molecular flexibility index (Phi) is 4.41. The number of hydrogen-bond donors (Lipinski definition) is 2. The van der Waals surface area contributed by atoms with Crippen LogP contribution in [0.2, 0.25) is 0 Å². The Labute approximate surface area is 124 Å². The molecule has 2 rings (SSSR count). The van der Waals surface area contributed by atoms with Gasteiger partial charge in [0.2, 0.25) is 0 Å². The fourth-order valence-corrected chi connectivity index (χ4v) is 1.67. The molecule has 0 aromatic carbocycles. The summed E-state index contributed by atoms with van der Waals surface area (Å²) in [5.74, 6) is 0.455. The van der Waals surface area contributed by atoms with Crippen molar-refractivity contribution in [1.29, 1.82) is 5.26 Å². The highest BCUT2D eigenvalue weighted by molar-refractivity contribution is 5.62. The number of alkyl halides is 3. The Morgan fingerprint density at radius 3 is 2.41 bits per heavy atom. The molecule has 0 spiro atoms. The van der Waals surface area contributed by atoms with Crippen molar-refractivity contribution in [2.75, 3.05) is 17.2 Å². The molecule has 0 bridgehead atoms. The zero-order chi connectivity index (χ0) is 16.2. The predicted octanol–water partition coefficient (Wildman–Crippen LogP) is 2.94. The third-order valence-corrected chi connectivity index (χ3v) is 2.60. The number of nitrogens with one attached hydrogen (secondary N) is 2. The van der Waals surface area contributed by atoms with Gasteiger partial charge in [-0.15, -0.1) is 0 Å². The van der Waals surface area contributed by atoms with E-state index in [0.29, 0.717) is 6.54 Å². The van der Waals surface area contributed by atoms with Crippen molar-refractivity contribution in [2.45, 2.75) is 13.1 Å². The number of nitrogens with zero attached hydrogens (tertiary/aromatic N) is 4. The molecular weight excluding hydrogens is 297 g/mol. The van der Waals surface area contributed by atoms with Crippen LogP contribution < -0.4 is 10.6 Å². The highest BCUT2D eigenvalue weighted by atomic mass is 19.4. The molecule has 0 fully saturated rings. The maximum atomic E-state index is 12.9. The quantitative estimate of drug-likeness (QED) is 0.903. The largest absolute Gasteiger partial charge is 0.419 e. The van der Waals surface area contributed by atoms with Crippen LogP contribution in [0.15, 0.2) is 24.7 Å². The topological polar surface area (TPSA) is 86.5 Å². The first-order valence-electron chi connectivity index (χ1n) is 6.24. The van der Waals surface area contributed by atoms with E-state index in [9.17, 15) is 13.2 Å². The highest BCUT2D eigenvalue weighted by Gasteiger charge is 2.34. The number of aromatic nitrogens is 3. The van der Waals surface area contributed by atoms with E-state index < -0.39 is 11.7 Å². The van der Waals surface area contributed by atoms with Gasteiger partial charge in [-0.05, 0) is 6.92 Å². The number of rotatable bonds is 4. The first-order chi connectivity index (χ1) is 10.4. The molecule has 0 aliphatic carbocycles. The van der Waals surface area contributed by atoms with Crippen LogP contribution in [0.3, 0.4) is 0 Å². The molecule has 22 heavy (non-hydrogen) atoms. The molecule has 9 heteroatoms. The molecule has 6 nitrogen and oxygen atoms in total. The molecule has 0 radical (unpaired) electrons. The van der Waals surface area contributed by atoms with E-state index in [1.54, 1.807) is 6.92 Å². The molecule has 0 unspecified atom stereocenters. The summed E-state index contributed by atoms with van der Waals surface area (Å²) in [7, 11) is 0. The van der Waals surface area contributed by atoms with Gasteiger partial charge in [-0.25, -0.2) is 15.0 Å². The maximum Gasteiger partial charge on any atom is 0.419 e. The standard InChI is InChI=1S/C13H11F3N6/c1-2-18-10-3-11(21-6-9(10)13(14,15)16)22-12-7-19-8(4-17)5-20-12/h3,5-7H,2H2,1H3,(H2,18,20,21,22). The summed E-state index contributed by atoms with van der Waals surface area (Å²) in [5.41, 5.74) is -0.779. The van der Waals surface area contributed by atoms with Crippen LogP contribution in [-0.4, -0.2) is 21.5 Å². The summed E-state index contributed by atoms with van der Waals surface area (Å²) >= 11 is 0. The summed E-state index contributed by atoms with van der Waals surface area (Å²) in [4.78, 5) is 11.4. The maximum absolute atomic E-state index is 12.9. The summed E-state index contributed by atoms with van der Waals surface area (Å²) < 4.78 is 38.6. The van der Waals surface area contributed by atoms with Gasteiger partial charge in [-0.3, -0.25) is 0 Å². The summed E-state index contributed by atoms with van der Waals surface area (Å²) in [6.07, 6.45) is -1.20. The lowest BCUT2D eigenvalue weighted by atomic mass is 10.2. The van der Waals surface area contributed by atoms with E-state index in [2.05, 4.69) is 25.6 Å². The minimum absolute atomic E-state index is 0.0749. The summed E-state index contributed by atoms with van der Waals surface area (Å²) in [6.45, 7) is 2.03. The van der Waals surface area contributed by atoms with E-state index in [4.69, 9.17) is 5.26 Å². The fraction of sp³-hybridized carbons (Fsp3) is 0.231. The number of halogens is 3. The third kappa shape index (κ3) is 3.60. The van der Waals surface area contributed by atoms with Gasteiger partial charge >= 0.3 is 6.18 Å². The van der Waals surface area contributed by atoms with Crippen molar-refractivity contribution < 1.29 is 13.2 Å². The van der Waals surface area contributed by atoms with Gasteiger partial charge in [0, 0.05) is 18.8 Å². The molecule has 2 aromatic rings. The van der Waals surface area contributed by atoms with Crippen molar-refractivity contribution in [3.05, 3.63) is 35.9 Å². The van der Waals surface area contributed by atoms with Gasteiger partial charge in [-0.1, -0.05) is 0 Å². The second kappa shape index (κ2) is 6.26. The molecule has 2 aromatic heterocycles. The minimum Gasteiger partial charge on any atom is -0.385 e. The zero-order valence-corrected chi connectivity index (χ0v) is 11.4. The molecule has 2 heterocycles. The van der Waals surface area contributed by atoms with E-state index >= 15 is 0 Å². The smallest absolute Gasteiger partial charge is 0.385 e. The zero-order valence-electron chi connectivity index (χ0n) is 11.4. The molecule has 114 valence electrons. The first kappa shape index (κ1) is 15.5. The van der Waals surface area contributed by atoms with Crippen molar-refractivity contribution >= 4 is 17.3 Å². The monoisotopic (exact) mass is 308 g/mol. The number of nitriles is 1. The number of hydrogen-bond acceptors (Lipinski definition) is 6. The van der Waals surface area contributed by atoms with E-state index in [1.165, 1.54) is 18.5 Å². The van der Waals surface area contributed by atoms with E-state index in [1.807, 2.05) is 6.07 Å². The second-order valence-corrected chi connectivity index (χ2v) is 4.17. The Morgan fingerprint density at radius 1 is 1.14 bits per heavy atom. The van der Waals surface area contributed by atoms with Crippen LogP contribution in [0, 0.1) is 11.3 Å². The SMILES string of the molecule is CCNc1cc(Nc2cnc(C#N)cn2)ncc1C(F)(F)F. The first-order valence-corrected chi connectivity index (χ1v) is 6.24. The Bertz CT molecular complexity index is 690. The normalized spacial score (nSPS) is 10.9. The average molecular weight is 308 g/mol. The van der Waals surface area contributed by atoms with Gasteiger partial charge in [0.25, 0.3) is 0 Å². The van der Waals surface area contributed by atoms with E-state index in [-0.39, 0.29) is 23.0 Å². The molecule has 0 atom stereocenters. The molecule has 0 saturated carbocycles. The summed E-state index contributed by atoms with van der Waals surface area (Å²) in [6, 6.07) is 3.06. The van der Waals surface area contributed by atoms with Crippen LogP contribution in [0.1, 0.15) is 18.2 Å². The van der Waals surface area contributed by atoms with Crippen LogP contribution >= 0.6 is 0 Å². The van der Waals surface area contributed by atoms with Crippen LogP contribution in [0.4, 0.5) is 30.5 Å². The van der Waals surface area contributed by atoms with Crippen LogP contribution in [-0.2, 0) is 6.18 Å². The second-order valence-electron chi connectivity index (χ2n) is 4.17. The third-order valence-electron chi connectivity index (χ3n) is 2.60. The molecule has 0 saturated heterocycles. The van der Waals surface area contributed by atoms with Crippen molar-refractivity contribution in [3.63, 3.8) is 0 Å². The fourth-order valence-electron chi connectivity index (χ4n) is 1.67. The minimum atomic E-state index is -4.49. The van der Waals surface area contributed by atoms with Crippen molar-refractivity contribution in [3.8, 4) is 6.07 Å². The lowest BCUT2D eigenvalue weighted by molar-refractivity contribution is -0.137. The number of anilines is 3. The van der Waals surface area contributed by atoms with Gasteiger partial charge < -0.3 is 10.6 Å². The van der Waals surface area contributed by atoms with Gasteiger partial charge in [-0.2, -0.15) is 18.4 Å². The van der Waals surface area contributed by atoms with Crippen molar-refractivity contribution in [1.82, 2.24) is 15.0 Å². The summed E-state index contributed by atoms with van der Waals surface area (Å²) in [5, 5.41) is 14.0. The van der Waals surface area contributed by atoms with Crippen molar-refractivity contribution in [2.24, 2.45) is 0 Å². The molecule has 0 aliphatic rings. The average Bonchev–Trinajstić information content (AvgIpc) is 2.47. The molecular formula is C13H11F3N6. The Hall–Kier alpha value is -2.89.